The Bertz CT molecular complexity index is 307. The number of likely N-dealkylation sites (tertiary alicyclic amines) is 1. The third-order valence-corrected chi connectivity index (χ3v) is 4.17. The molecule has 0 aromatic carbocycles. The molecule has 0 amide bonds. The Labute approximate surface area is 200 Å². The second-order valence-electron chi connectivity index (χ2n) is 5.63. The molecule has 0 N–H and O–H groups in total. The third kappa shape index (κ3) is 20.9. The van der Waals surface area contributed by atoms with Crippen molar-refractivity contribution in [3.05, 3.63) is 44.1 Å². The van der Waals surface area contributed by atoms with Crippen LogP contribution in [0.4, 0.5) is 0 Å². The fourth-order valence-corrected chi connectivity index (χ4v) is 2.77. The number of hydrogen-bond acceptors (Lipinski definition) is 1. The molecule has 1 aliphatic heterocycles. The van der Waals surface area contributed by atoms with Crippen molar-refractivity contribution >= 4 is 0 Å². The maximum atomic E-state index is 3.81. The molecule has 0 bridgehead atoms. The molecule has 27 heavy (non-hydrogen) atoms. The summed E-state index contributed by atoms with van der Waals surface area (Å²) < 4.78 is 0. The molecule has 1 nitrogen and oxygen atoms in total. The summed E-state index contributed by atoms with van der Waals surface area (Å²) >= 11 is 0. The van der Waals surface area contributed by atoms with Crippen LogP contribution in [0.25, 0.3) is 0 Å². The van der Waals surface area contributed by atoms with E-state index < -0.39 is 0 Å². The molecule has 1 heterocycles. The Kier molecular flexibility index (Phi) is 43.9. The maximum absolute atomic E-state index is 3.81. The summed E-state index contributed by atoms with van der Waals surface area (Å²) in [6.45, 7) is 21.6. The largest absolute Gasteiger partial charge is 3.00 e. The molecule has 1 unspecified atom stereocenters. The van der Waals surface area contributed by atoms with Crippen LogP contribution in [0.1, 0.15) is 100 Å². The van der Waals surface area contributed by atoms with Crippen LogP contribution in [-0.4, -0.2) is 24.5 Å². The normalized spacial score (nSPS) is 16.6. The number of unbranched alkanes of at least 4 members (excludes halogenated alkanes) is 1. The fourth-order valence-electron chi connectivity index (χ4n) is 2.77. The van der Waals surface area contributed by atoms with Crippen LogP contribution in [-0.2, 0) is 32.7 Å². The maximum Gasteiger partial charge on any atom is 3.00 e. The van der Waals surface area contributed by atoms with Crippen molar-refractivity contribution < 1.29 is 32.7 Å². The van der Waals surface area contributed by atoms with Gasteiger partial charge in [0.1, 0.15) is 0 Å². The van der Waals surface area contributed by atoms with Crippen molar-refractivity contribution in [1.82, 2.24) is 4.90 Å². The molecule has 0 radical (unpaired) electrons. The minimum atomic E-state index is 0. The quantitative estimate of drug-likeness (QED) is 0.376. The van der Waals surface area contributed by atoms with Crippen LogP contribution in [0, 0.1) is 20.8 Å². The Balaban J connectivity index is -0.0000000901. The van der Waals surface area contributed by atoms with Gasteiger partial charge < -0.3 is 19.3 Å². The first-order chi connectivity index (χ1) is 12.2. The molecule has 1 fully saturated rings. The topological polar surface area (TPSA) is 3.24 Å². The van der Waals surface area contributed by atoms with Gasteiger partial charge >= 0.3 is 32.7 Å². The second kappa shape index (κ2) is 31.1. The summed E-state index contributed by atoms with van der Waals surface area (Å²) in [5.74, 6) is 0. The van der Waals surface area contributed by atoms with Gasteiger partial charge in [-0.1, -0.05) is 61.0 Å². The number of rotatable bonds is 5. The van der Waals surface area contributed by atoms with E-state index in [-0.39, 0.29) is 40.1 Å². The number of nitrogens with zero attached hydrogens (tertiary/aromatic N) is 1. The van der Waals surface area contributed by atoms with E-state index in [1.807, 2.05) is 41.5 Å². The predicted octanol–water partition coefficient (Wildman–Crippen LogP) is 8.49. The minimum absolute atomic E-state index is 0. The van der Waals surface area contributed by atoms with Crippen molar-refractivity contribution in [3.63, 3.8) is 0 Å². The van der Waals surface area contributed by atoms with E-state index in [1.165, 1.54) is 44.2 Å². The fraction of sp³-hybridized carbons (Fsp3) is 0.720. The molecule has 0 aromatic heterocycles. The molecule has 1 saturated heterocycles. The van der Waals surface area contributed by atoms with Gasteiger partial charge in [0.05, 0.1) is 0 Å². The summed E-state index contributed by atoms with van der Waals surface area (Å²) in [6.07, 6.45) is 15.4. The number of allylic oxidation sites excluding steroid dienone is 4. The van der Waals surface area contributed by atoms with E-state index in [0.29, 0.717) is 0 Å². The van der Waals surface area contributed by atoms with Gasteiger partial charge in [0, 0.05) is 6.04 Å². The molecule has 1 aliphatic carbocycles. The standard InChI is InChI=1S/C11H16.C7H15N.3C2H6.CH3.Y/c1-3-5-6-11-8-7-10(4-2)9-11;1-3-7-5-4-6-8(7)2;3*1-2;;/h6-8H,1,3-5,9H2,2H3;7H,3-6H2,1-2H3;3*1-2H3;1H3;/q-2;;;;;-1;+3. The van der Waals surface area contributed by atoms with Gasteiger partial charge in [0.2, 0.25) is 0 Å². The summed E-state index contributed by atoms with van der Waals surface area (Å²) in [4.78, 5) is 2.46. The summed E-state index contributed by atoms with van der Waals surface area (Å²) in [7, 11) is 2.22. The van der Waals surface area contributed by atoms with E-state index in [9.17, 15) is 0 Å². The van der Waals surface area contributed by atoms with E-state index in [4.69, 9.17) is 0 Å². The van der Waals surface area contributed by atoms with Crippen molar-refractivity contribution in [2.24, 2.45) is 0 Å². The second-order valence-corrected chi connectivity index (χ2v) is 5.63. The van der Waals surface area contributed by atoms with Crippen molar-refractivity contribution in [3.8, 4) is 0 Å². The summed E-state index contributed by atoms with van der Waals surface area (Å²) in [6, 6.07) is 0.898. The summed E-state index contributed by atoms with van der Waals surface area (Å²) in [5.41, 5.74) is 3.03. The van der Waals surface area contributed by atoms with Crippen LogP contribution in [0.2, 0.25) is 0 Å². The van der Waals surface area contributed by atoms with Crippen molar-refractivity contribution in [2.75, 3.05) is 13.6 Å². The molecule has 2 aliphatic rings. The number of hydrogen-bond donors (Lipinski definition) is 0. The van der Waals surface area contributed by atoms with Crippen LogP contribution in [0.3, 0.4) is 0 Å². The van der Waals surface area contributed by atoms with Gasteiger partial charge in [-0.2, -0.15) is 6.42 Å². The van der Waals surface area contributed by atoms with Gasteiger partial charge in [-0.05, 0) is 45.7 Å². The average Bonchev–Trinajstić information content (AvgIpc) is 3.33. The minimum Gasteiger partial charge on any atom is -0.358 e. The molecule has 2 rings (SSSR count). The smallest absolute Gasteiger partial charge is 0.358 e. The molecule has 0 aromatic rings. The molecule has 2 heteroatoms. The Morgan fingerprint density at radius 3 is 1.93 bits per heavy atom. The molecule has 0 spiro atoms. The third-order valence-electron chi connectivity index (χ3n) is 4.17. The van der Waals surface area contributed by atoms with Gasteiger partial charge in [-0.25, -0.2) is 18.1 Å². The van der Waals surface area contributed by atoms with Gasteiger partial charge in [0.15, 0.2) is 0 Å². The first-order valence-corrected chi connectivity index (χ1v) is 10.9. The predicted molar refractivity (Wildman–Crippen MR) is 126 cm³/mol. The zero-order valence-corrected chi connectivity index (χ0v) is 23.5. The van der Waals surface area contributed by atoms with Crippen LogP contribution in [0.15, 0.2) is 23.3 Å². The zero-order valence-electron chi connectivity index (χ0n) is 20.7. The van der Waals surface area contributed by atoms with Crippen molar-refractivity contribution in [2.45, 2.75) is 106 Å². The Morgan fingerprint density at radius 2 is 1.63 bits per heavy atom. The van der Waals surface area contributed by atoms with Crippen molar-refractivity contribution in [1.29, 1.82) is 0 Å². The van der Waals surface area contributed by atoms with E-state index >= 15 is 0 Å². The molecular formula is C25H52NY. The van der Waals surface area contributed by atoms with Crippen LogP contribution >= 0.6 is 0 Å². The van der Waals surface area contributed by atoms with Gasteiger partial charge in [-0.3, -0.25) is 0 Å². The van der Waals surface area contributed by atoms with E-state index in [2.05, 4.69) is 51.3 Å². The van der Waals surface area contributed by atoms with Crippen LogP contribution in [0.5, 0.6) is 0 Å². The summed E-state index contributed by atoms with van der Waals surface area (Å²) in [5, 5.41) is 0. The SMILES string of the molecule is CC.CC.CC.CCC1CCCN1C.[CH2-]CC[CH-]C1=CC=C(CC)C1.[CH3-].[Y+3]. The monoisotopic (exact) mass is 455 g/mol. The van der Waals surface area contributed by atoms with Gasteiger partial charge in [-0.15, -0.1) is 12.5 Å². The molecule has 1 atom stereocenters. The van der Waals surface area contributed by atoms with E-state index in [1.54, 1.807) is 5.57 Å². The Morgan fingerprint density at radius 1 is 1.07 bits per heavy atom. The molecular weight excluding hydrogens is 403 g/mol. The van der Waals surface area contributed by atoms with E-state index in [0.717, 1.165) is 18.9 Å². The van der Waals surface area contributed by atoms with Crippen LogP contribution < -0.4 is 0 Å². The molecule has 0 saturated carbocycles. The first kappa shape index (κ1) is 38.1. The average molecular weight is 456 g/mol. The Hall–Kier alpha value is 0.414. The molecule has 160 valence electrons. The first-order valence-electron chi connectivity index (χ1n) is 10.9. The zero-order chi connectivity index (χ0) is 20.1. The van der Waals surface area contributed by atoms with Gasteiger partial charge in [0.25, 0.3) is 0 Å².